The van der Waals surface area contributed by atoms with Gasteiger partial charge in [0, 0.05) is 37.0 Å². The molecule has 2 heterocycles. The van der Waals surface area contributed by atoms with Crippen molar-refractivity contribution in [1.29, 1.82) is 0 Å². The minimum atomic E-state index is -3.79. The largest absolute Gasteiger partial charge is 0.488 e. The molecular weight excluding hydrogens is 576 g/mol. The molecule has 0 aromatic heterocycles. The zero-order valence-corrected chi connectivity index (χ0v) is 24.8. The summed E-state index contributed by atoms with van der Waals surface area (Å²) in [5.41, 5.74) is 0.993. The fourth-order valence-electron chi connectivity index (χ4n) is 4.91. The number of sulfonamides is 1. The summed E-state index contributed by atoms with van der Waals surface area (Å²) in [5.74, 6) is 0.677. The summed E-state index contributed by atoms with van der Waals surface area (Å²) < 4.78 is 44.7. The van der Waals surface area contributed by atoms with E-state index in [0.717, 1.165) is 0 Å². The van der Waals surface area contributed by atoms with E-state index in [2.05, 4.69) is 10.6 Å². The number of aliphatic hydroxyl groups excluding tert-OH is 1. The fraction of sp³-hybridized carbons (Fsp3) is 0.333. The number of likely N-dealkylation sites (N-methyl/N-ethyl adjacent to an activating group) is 1. The molecular formula is C30H34N4O8S. The van der Waals surface area contributed by atoms with Crippen molar-refractivity contribution in [2.45, 2.75) is 30.9 Å². The smallest absolute Gasteiger partial charge is 0.323 e. The van der Waals surface area contributed by atoms with Gasteiger partial charge in [-0.3, -0.25) is 4.79 Å². The zero-order valence-electron chi connectivity index (χ0n) is 24.0. The number of rotatable bonds is 8. The van der Waals surface area contributed by atoms with E-state index in [9.17, 15) is 23.1 Å². The van der Waals surface area contributed by atoms with Gasteiger partial charge in [0.2, 0.25) is 16.8 Å². The second kappa shape index (κ2) is 12.5. The van der Waals surface area contributed by atoms with Crippen LogP contribution in [0, 0.1) is 5.92 Å². The lowest BCUT2D eigenvalue weighted by Gasteiger charge is -2.38. The minimum Gasteiger partial charge on any atom is -0.488 e. The van der Waals surface area contributed by atoms with Crippen molar-refractivity contribution < 1.29 is 37.3 Å². The molecule has 2 aliphatic heterocycles. The minimum absolute atomic E-state index is 0.0192. The highest BCUT2D eigenvalue weighted by Crippen LogP contribution is 2.35. The van der Waals surface area contributed by atoms with Crippen LogP contribution in [-0.4, -0.2) is 80.4 Å². The Kier molecular flexibility index (Phi) is 8.76. The third-order valence-electron chi connectivity index (χ3n) is 7.44. The highest BCUT2D eigenvalue weighted by atomic mass is 32.2. The van der Waals surface area contributed by atoms with Gasteiger partial charge in [-0.15, -0.1) is 0 Å². The van der Waals surface area contributed by atoms with E-state index in [-0.39, 0.29) is 54.5 Å². The van der Waals surface area contributed by atoms with Crippen LogP contribution in [-0.2, 0) is 10.0 Å². The summed E-state index contributed by atoms with van der Waals surface area (Å²) in [6.45, 7) is 3.68. The first-order chi connectivity index (χ1) is 20.6. The summed E-state index contributed by atoms with van der Waals surface area (Å²) in [5, 5.41) is 15.4. The van der Waals surface area contributed by atoms with Crippen LogP contribution in [0.25, 0.3) is 0 Å². The molecule has 228 valence electrons. The lowest BCUT2D eigenvalue weighted by Crippen LogP contribution is -2.50. The van der Waals surface area contributed by atoms with Crippen molar-refractivity contribution in [2.75, 3.05) is 44.2 Å². The van der Waals surface area contributed by atoms with E-state index < -0.39 is 28.2 Å². The lowest BCUT2D eigenvalue weighted by molar-refractivity contribution is 0.0387. The summed E-state index contributed by atoms with van der Waals surface area (Å²) in [6.07, 6.45) is -0.628. The van der Waals surface area contributed by atoms with Gasteiger partial charge in [-0.2, -0.15) is 4.31 Å². The van der Waals surface area contributed by atoms with Gasteiger partial charge in [-0.1, -0.05) is 25.1 Å². The number of nitrogens with one attached hydrogen (secondary N) is 2. The quantitative estimate of drug-likeness (QED) is 0.351. The molecule has 0 unspecified atom stereocenters. The van der Waals surface area contributed by atoms with Gasteiger partial charge in [0.1, 0.15) is 11.9 Å². The molecule has 0 fully saturated rings. The van der Waals surface area contributed by atoms with E-state index in [4.69, 9.17) is 14.2 Å². The van der Waals surface area contributed by atoms with Crippen LogP contribution in [0.4, 0.5) is 16.2 Å². The maximum atomic E-state index is 13.7. The molecule has 12 nitrogen and oxygen atoms in total. The molecule has 3 amide bonds. The number of hydrogen-bond acceptors (Lipinski definition) is 8. The number of carbonyl (C=O) groups excluding carboxylic acids is 2. The topological polar surface area (TPSA) is 147 Å². The van der Waals surface area contributed by atoms with Crippen molar-refractivity contribution >= 4 is 33.3 Å². The number of urea groups is 1. The molecule has 0 radical (unpaired) electrons. The molecule has 43 heavy (non-hydrogen) atoms. The van der Waals surface area contributed by atoms with Crippen molar-refractivity contribution in [2.24, 2.45) is 5.92 Å². The van der Waals surface area contributed by atoms with Gasteiger partial charge in [-0.05, 0) is 49.4 Å². The van der Waals surface area contributed by atoms with Crippen molar-refractivity contribution in [3.05, 3.63) is 72.3 Å². The normalized spacial score (nSPS) is 18.7. The first kappa shape index (κ1) is 30.1. The number of benzene rings is 3. The third kappa shape index (κ3) is 6.53. The summed E-state index contributed by atoms with van der Waals surface area (Å²) in [4.78, 5) is 28.2. The molecule has 0 saturated carbocycles. The molecule has 13 heteroatoms. The Morgan fingerprint density at radius 3 is 2.37 bits per heavy atom. The Hall–Kier alpha value is -4.33. The number of anilines is 2. The maximum Gasteiger partial charge on any atom is 0.323 e. The average Bonchev–Trinajstić information content (AvgIpc) is 3.47. The molecule has 3 atom stereocenters. The predicted octanol–water partition coefficient (Wildman–Crippen LogP) is 3.60. The number of carbonyl (C=O) groups is 2. The Bertz CT molecular complexity index is 1600. The van der Waals surface area contributed by atoms with Gasteiger partial charge in [0.15, 0.2) is 11.5 Å². The third-order valence-corrected chi connectivity index (χ3v) is 9.28. The number of aliphatic hydroxyl groups is 1. The number of hydrogen-bond donors (Lipinski definition) is 3. The summed E-state index contributed by atoms with van der Waals surface area (Å²) >= 11 is 0. The molecule has 0 bridgehead atoms. The maximum absolute atomic E-state index is 13.7. The summed E-state index contributed by atoms with van der Waals surface area (Å²) in [7, 11) is -2.30. The molecule has 0 saturated heterocycles. The van der Waals surface area contributed by atoms with Crippen molar-refractivity contribution in [3.8, 4) is 17.2 Å². The molecule has 5 rings (SSSR count). The fourth-order valence-corrected chi connectivity index (χ4v) is 6.11. The number of nitrogens with zero attached hydrogens (tertiary/aromatic N) is 2. The second-order valence-electron chi connectivity index (χ2n) is 10.6. The van der Waals surface area contributed by atoms with Gasteiger partial charge in [0.05, 0.1) is 29.7 Å². The predicted molar refractivity (Wildman–Crippen MR) is 159 cm³/mol. The molecule has 0 spiro atoms. The van der Waals surface area contributed by atoms with Crippen LogP contribution >= 0.6 is 0 Å². The van der Waals surface area contributed by atoms with E-state index in [1.807, 2.05) is 6.92 Å². The van der Waals surface area contributed by atoms with E-state index in [0.29, 0.717) is 22.9 Å². The first-order valence-electron chi connectivity index (χ1n) is 13.8. The molecule has 3 aromatic carbocycles. The van der Waals surface area contributed by atoms with Crippen LogP contribution in [0.2, 0.25) is 0 Å². The standard InChI is InChI=1S/C30H34N4O8S/c1-19-15-34(20(2)17-35)29(36)24-13-21(31-30(37)32-22-10-12-26-27(14-22)41-18-40-26)9-11-25(24)42-28(19)16-33(3)43(38,39)23-7-5-4-6-8-23/h4-14,19-20,28,35H,15-18H2,1-3H3,(H2,31,32,37)/t19-,20-,28-/m1/s1. The van der Waals surface area contributed by atoms with Gasteiger partial charge >= 0.3 is 6.03 Å². The molecule has 0 aliphatic carbocycles. The van der Waals surface area contributed by atoms with Crippen LogP contribution in [0.5, 0.6) is 17.2 Å². The van der Waals surface area contributed by atoms with Gasteiger partial charge in [0.25, 0.3) is 5.91 Å². The zero-order chi connectivity index (χ0) is 30.7. The number of fused-ring (bicyclic) bond motifs is 2. The van der Waals surface area contributed by atoms with Crippen LogP contribution < -0.4 is 24.8 Å². The Morgan fingerprint density at radius 1 is 1.02 bits per heavy atom. The number of amides is 3. The van der Waals surface area contributed by atoms with Gasteiger partial charge < -0.3 is 34.9 Å². The van der Waals surface area contributed by atoms with Crippen molar-refractivity contribution in [1.82, 2.24) is 9.21 Å². The van der Waals surface area contributed by atoms with Gasteiger partial charge in [-0.25, -0.2) is 13.2 Å². The Balaban J connectivity index is 1.38. The van der Waals surface area contributed by atoms with Crippen LogP contribution in [0.15, 0.2) is 71.6 Å². The Labute approximate surface area is 250 Å². The second-order valence-corrected chi connectivity index (χ2v) is 12.6. The highest BCUT2D eigenvalue weighted by molar-refractivity contribution is 7.89. The van der Waals surface area contributed by atoms with Crippen LogP contribution in [0.1, 0.15) is 24.2 Å². The monoisotopic (exact) mass is 610 g/mol. The summed E-state index contributed by atoms with van der Waals surface area (Å²) in [6, 6.07) is 16.8. The SMILES string of the molecule is C[C@@H]1CN([C@H](C)CO)C(=O)c2cc(NC(=O)Nc3ccc4c(c3)OCO4)ccc2O[C@@H]1CN(C)S(=O)(=O)c1ccccc1. The van der Waals surface area contributed by atoms with Crippen molar-refractivity contribution in [3.63, 3.8) is 0 Å². The average molecular weight is 611 g/mol. The van der Waals surface area contributed by atoms with E-state index in [1.54, 1.807) is 60.4 Å². The Morgan fingerprint density at radius 2 is 1.67 bits per heavy atom. The van der Waals surface area contributed by atoms with Crippen LogP contribution in [0.3, 0.4) is 0 Å². The van der Waals surface area contributed by atoms with E-state index >= 15 is 0 Å². The van der Waals surface area contributed by atoms with E-state index in [1.165, 1.54) is 29.6 Å². The molecule has 3 aromatic rings. The lowest BCUT2D eigenvalue weighted by atomic mass is 9.99. The number of ether oxygens (including phenoxy) is 3. The molecule has 2 aliphatic rings. The first-order valence-corrected chi connectivity index (χ1v) is 15.2. The molecule has 3 N–H and O–H groups in total. The highest BCUT2D eigenvalue weighted by Gasteiger charge is 2.35.